The lowest BCUT2D eigenvalue weighted by atomic mass is 9.95. The molecule has 0 aliphatic carbocycles. The molecule has 0 aromatic carbocycles. The Balaban J connectivity index is 4.44. The van der Waals surface area contributed by atoms with E-state index in [1.54, 1.807) is 26.0 Å². The van der Waals surface area contributed by atoms with E-state index < -0.39 is 11.9 Å². The Hall–Kier alpha value is -1.38. The smallest absolute Gasteiger partial charge is 0.316 e. The standard InChI is InChI=1S/C14H22O3/c1-7-9(3)11(5)13(15)17-14(16)12(6)10(4)8-2/h7-12H,1-2H2,3-6H3. The first kappa shape index (κ1) is 15.6. The van der Waals surface area contributed by atoms with E-state index in [1.807, 2.05) is 13.8 Å². The molecule has 3 heteroatoms. The lowest BCUT2D eigenvalue weighted by Crippen LogP contribution is -2.28. The van der Waals surface area contributed by atoms with Gasteiger partial charge in [-0.1, -0.05) is 39.8 Å². The van der Waals surface area contributed by atoms with Gasteiger partial charge in [0.1, 0.15) is 0 Å². The first-order valence-electron chi connectivity index (χ1n) is 5.85. The maximum absolute atomic E-state index is 11.7. The van der Waals surface area contributed by atoms with Crippen molar-refractivity contribution in [2.45, 2.75) is 27.7 Å². The van der Waals surface area contributed by atoms with Crippen molar-refractivity contribution < 1.29 is 14.3 Å². The second-order valence-corrected chi connectivity index (χ2v) is 4.51. The molecule has 0 N–H and O–H groups in total. The van der Waals surface area contributed by atoms with Gasteiger partial charge in [-0.3, -0.25) is 9.59 Å². The van der Waals surface area contributed by atoms with Crippen LogP contribution in [0.3, 0.4) is 0 Å². The Labute approximate surface area is 104 Å². The molecule has 0 aromatic rings. The Morgan fingerprint density at radius 2 is 1.18 bits per heavy atom. The molecule has 0 rings (SSSR count). The number of carbonyl (C=O) groups is 2. The van der Waals surface area contributed by atoms with E-state index in [2.05, 4.69) is 13.2 Å². The molecule has 3 nitrogen and oxygen atoms in total. The summed E-state index contributed by atoms with van der Waals surface area (Å²) in [6.45, 7) is 14.4. The van der Waals surface area contributed by atoms with Crippen LogP contribution in [-0.4, -0.2) is 11.9 Å². The second-order valence-electron chi connectivity index (χ2n) is 4.51. The van der Waals surface area contributed by atoms with E-state index in [0.717, 1.165) is 0 Å². The van der Waals surface area contributed by atoms with Crippen LogP contribution in [0.5, 0.6) is 0 Å². The molecule has 0 fully saturated rings. The minimum atomic E-state index is -0.495. The van der Waals surface area contributed by atoms with Crippen LogP contribution in [0.1, 0.15) is 27.7 Å². The van der Waals surface area contributed by atoms with Gasteiger partial charge >= 0.3 is 11.9 Å². The van der Waals surface area contributed by atoms with Gasteiger partial charge in [-0.05, 0) is 11.8 Å². The molecule has 0 aliphatic heterocycles. The number of esters is 2. The summed E-state index contributed by atoms with van der Waals surface area (Å²) in [5.74, 6) is -1.73. The zero-order chi connectivity index (χ0) is 13.6. The molecule has 0 heterocycles. The summed E-state index contributed by atoms with van der Waals surface area (Å²) in [7, 11) is 0. The highest BCUT2D eigenvalue weighted by Gasteiger charge is 2.26. The van der Waals surface area contributed by atoms with Crippen molar-refractivity contribution in [2.75, 3.05) is 0 Å². The minimum Gasteiger partial charge on any atom is -0.393 e. The average Bonchev–Trinajstić information content (AvgIpc) is 2.34. The third-order valence-electron chi connectivity index (χ3n) is 3.27. The predicted molar refractivity (Wildman–Crippen MR) is 68.1 cm³/mol. The van der Waals surface area contributed by atoms with Gasteiger partial charge in [0.2, 0.25) is 0 Å². The third kappa shape index (κ3) is 4.55. The van der Waals surface area contributed by atoms with Crippen LogP contribution in [0.25, 0.3) is 0 Å². The number of rotatable bonds is 6. The fourth-order valence-corrected chi connectivity index (χ4v) is 1.12. The van der Waals surface area contributed by atoms with Crippen LogP contribution in [0.15, 0.2) is 25.3 Å². The highest BCUT2D eigenvalue weighted by molar-refractivity contribution is 5.88. The maximum atomic E-state index is 11.7. The van der Waals surface area contributed by atoms with Crippen molar-refractivity contribution in [2.24, 2.45) is 23.7 Å². The zero-order valence-corrected chi connectivity index (χ0v) is 11.1. The van der Waals surface area contributed by atoms with Crippen LogP contribution in [-0.2, 0) is 14.3 Å². The fourth-order valence-electron chi connectivity index (χ4n) is 1.12. The molecule has 0 saturated heterocycles. The molecular weight excluding hydrogens is 216 g/mol. The van der Waals surface area contributed by atoms with Crippen LogP contribution >= 0.6 is 0 Å². The Kier molecular flexibility index (Phi) is 6.47. The van der Waals surface area contributed by atoms with Crippen molar-refractivity contribution in [3.8, 4) is 0 Å². The summed E-state index contributed by atoms with van der Waals surface area (Å²) in [6.07, 6.45) is 3.35. The topological polar surface area (TPSA) is 43.4 Å². The molecule has 96 valence electrons. The largest absolute Gasteiger partial charge is 0.393 e. The van der Waals surface area contributed by atoms with E-state index in [0.29, 0.717) is 0 Å². The fraction of sp³-hybridized carbons (Fsp3) is 0.571. The molecule has 0 radical (unpaired) electrons. The van der Waals surface area contributed by atoms with Gasteiger partial charge in [-0.15, -0.1) is 13.2 Å². The molecule has 0 aliphatic rings. The third-order valence-corrected chi connectivity index (χ3v) is 3.27. The molecular formula is C14H22O3. The lowest BCUT2D eigenvalue weighted by molar-refractivity contribution is -0.166. The summed E-state index contributed by atoms with van der Waals surface area (Å²) in [5.41, 5.74) is 0. The van der Waals surface area contributed by atoms with Crippen molar-refractivity contribution in [1.29, 1.82) is 0 Å². The van der Waals surface area contributed by atoms with Gasteiger partial charge < -0.3 is 4.74 Å². The van der Waals surface area contributed by atoms with Crippen molar-refractivity contribution in [3.05, 3.63) is 25.3 Å². The van der Waals surface area contributed by atoms with Crippen LogP contribution < -0.4 is 0 Å². The molecule has 0 amide bonds. The van der Waals surface area contributed by atoms with Gasteiger partial charge in [0, 0.05) is 0 Å². The Bertz CT molecular complexity index is 277. The van der Waals surface area contributed by atoms with Crippen molar-refractivity contribution in [3.63, 3.8) is 0 Å². The van der Waals surface area contributed by atoms with Crippen LogP contribution in [0.4, 0.5) is 0 Å². The molecule has 4 unspecified atom stereocenters. The second kappa shape index (κ2) is 7.05. The van der Waals surface area contributed by atoms with Crippen LogP contribution in [0, 0.1) is 23.7 Å². The summed E-state index contributed by atoms with van der Waals surface area (Å²) in [6, 6.07) is 0. The Morgan fingerprint density at radius 3 is 1.41 bits per heavy atom. The number of hydrogen-bond donors (Lipinski definition) is 0. The summed E-state index contributed by atoms with van der Waals surface area (Å²) in [5, 5.41) is 0. The Morgan fingerprint density at radius 1 is 0.882 bits per heavy atom. The maximum Gasteiger partial charge on any atom is 0.316 e. The normalized spacial score (nSPS) is 17.4. The number of allylic oxidation sites excluding steroid dienone is 2. The summed E-state index contributed by atoms with van der Waals surface area (Å²) >= 11 is 0. The first-order chi connectivity index (χ1) is 7.84. The average molecular weight is 238 g/mol. The number of hydrogen-bond acceptors (Lipinski definition) is 3. The molecule has 0 saturated carbocycles. The number of carbonyl (C=O) groups excluding carboxylic acids is 2. The van der Waals surface area contributed by atoms with Gasteiger partial charge in [-0.2, -0.15) is 0 Å². The molecule has 4 atom stereocenters. The summed E-state index contributed by atoms with van der Waals surface area (Å²) < 4.78 is 4.85. The molecule has 0 aromatic heterocycles. The summed E-state index contributed by atoms with van der Waals surface area (Å²) in [4.78, 5) is 23.3. The highest BCUT2D eigenvalue weighted by atomic mass is 16.6. The monoisotopic (exact) mass is 238 g/mol. The lowest BCUT2D eigenvalue weighted by Gasteiger charge is -2.18. The van der Waals surface area contributed by atoms with E-state index in [1.165, 1.54) is 0 Å². The van der Waals surface area contributed by atoms with Gasteiger partial charge in [0.05, 0.1) is 11.8 Å². The zero-order valence-electron chi connectivity index (χ0n) is 11.1. The SMILES string of the molecule is C=CC(C)C(C)C(=O)OC(=O)C(C)C(C)C=C. The number of ether oxygens (including phenoxy) is 1. The molecule has 0 spiro atoms. The van der Waals surface area contributed by atoms with Gasteiger partial charge in [0.25, 0.3) is 0 Å². The predicted octanol–water partition coefficient (Wildman–Crippen LogP) is 2.97. The van der Waals surface area contributed by atoms with E-state index >= 15 is 0 Å². The van der Waals surface area contributed by atoms with Gasteiger partial charge in [-0.25, -0.2) is 0 Å². The van der Waals surface area contributed by atoms with E-state index in [4.69, 9.17) is 4.74 Å². The van der Waals surface area contributed by atoms with Gasteiger partial charge in [0.15, 0.2) is 0 Å². The minimum absolute atomic E-state index is 0.0116. The first-order valence-corrected chi connectivity index (χ1v) is 5.85. The quantitative estimate of drug-likeness (QED) is 0.406. The molecule has 0 bridgehead atoms. The van der Waals surface area contributed by atoms with Crippen molar-refractivity contribution >= 4 is 11.9 Å². The van der Waals surface area contributed by atoms with E-state index in [9.17, 15) is 9.59 Å². The van der Waals surface area contributed by atoms with E-state index in [-0.39, 0.29) is 23.7 Å². The molecule has 17 heavy (non-hydrogen) atoms. The highest BCUT2D eigenvalue weighted by Crippen LogP contribution is 2.17. The van der Waals surface area contributed by atoms with Crippen molar-refractivity contribution in [1.82, 2.24) is 0 Å². The van der Waals surface area contributed by atoms with Crippen LogP contribution in [0.2, 0.25) is 0 Å².